The minimum absolute atomic E-state index is 0.143. The van der Waals surface area contributed by atoms with E-state index in [0.29, 0.717) is 5.56 Å². The summed E-state index contributed by atoms with van der Waals surface area (Å²) in [6.07, 6.45) is 0. The van der Waals surface area contributed by atoms with Crippen LogP contribution in [0.25, 0.3) is 11.1 Å². The van der Waals surface area contributed by atoms with Crippen molar-refractivity contribution in [1.82, 2.24) is 0 Å². The Bertz CT molecular complexity index is 540. The number of benzene rings is 2. The summed E-state index contributed by atoms with van der Waals surface area (Å²) >= 11 is 2.19. The van der Waals surface area contributed by atoms with Crippen LogP contribution in [0.3, 0.4) is 0 Å². The third-order valence-corrected chi connectivity index (χ3v) is 2.91. The van der Waals surface area contributed by atoms with Crippen LogP contribution >= 0.6 is 22.6 Å². The fraction of sp³-hybridized carbons (Fsp3) is 0. The molecule has 16 heavy (non-hydrogen) atoms. The molecule has 80 valence electrons. The van der Waals surface area contributed by atoms with E-state index < -0.39 is 0 Å². The van der Waals surface area contributed by atoms with E-state index in [9.17, 15) is 10.1 Å². The van der Waals surface area contributed by atoms with Gasteiger partial charge in [-0.05, 0) is 46.4 Å². The molecule has 0 radical (unpaired) electrons. The topological polar surface area (TPSA) is 43.1 Å². The summed E-state index contributed by atoms with van der Waals surface area (Å²) < 4.78 is 1.06. The van der Waals surface area contributed by atoms with Crippen molar-refractivity contribution in [2.45, 2.75) is 0 Å². The Morgan fingerprint density at radius 2 is 1.81 bits per heavy atom. The molecule has 2 aromatic carbocycles. The van der Waals surface area contributed by atoms with Crippen molar-refractivity contribution < 1.29 is 4.92 Å². The number of nitro benzene ring substituents is 1. The van der Waals surface area contributed by atoms with Gasteiger partial charge in [0.25, 0.3) is 5.69 Å². The molecule has 0 aliphatic carbocycles. The lowest BCUT2D eigenvalue weighted by Gasteiger charge is -2.03. The Hall–Kier alpha value is -1.43. The first-order chi connectivity index (χ1) is 7.68. The summed E-state index contributed by atoms with van der Waals surface area (Å²) in [6.45, 7) is 0. The number of hydrogen-bond acceptors (Lipinski definition) is 2. The molecule has 2 aromatic rings. The smallest absolute Gasteiger partial charge is 0.258 e. The van der Waals surface area contributed by atoms with Gasteiger partial charge in [-0.15, -0.1) is 0 Å². The van der Waals surface area contributed by atoms with Gasteiger partial charge in [-0.3, -0.25) is 10.1 Å². The van der Waals surface area contributed by atoms with E-state index in [1.807, 2.05) is 30.3 Å². The predicted octanol–water partition coefficient (Wildman–Crippen LogP) is 3.87. The highest BCUT2D eigenvalue weighted by atomic mass is 127. The number of nitrogens with zero attached hydrogens (tertiary/aromatic N) is 1. The molecule has 4 heteroatoms. The first-order valence-corrected chi connectivity index (χ1v) is 5.76. The Labute approximate surface area is 106 Å². The van der Waals surface area contributed by atoms with Crippen molar-refractivity contribution in [3.63, 3.8) is 0 Å². The maximum Gasteiger partial charge on any atom is 0.277 e. The SMILES string of the molecule is O=[N+]([O-])c1ccccc1-c1cccc(I)c1. The summed E-state index contributed by atoms with van der Waals surface area (Å²) in [5, 5.41) is 10.9. The third kappa shape index (κ3) is 2.21. The van der Waals surface area contributed by atoms with Gasteiger partial charge in [0.15, 0.2) is 0 Å². The Kier molecular flexibility index (Phi) is 3.19. The maximum atomic E-state index is 10.9. The van der Waals surface area contributed by atoms with E-state index in [1.165, 1.54) is 6.07 Å². The van der Waals surface area contributed by atoms with Crippen molar-refractivity contribution in [1.29, 1.82) is 0 Å². The molecule has 0 atom stereocenters. The highest BCUT2D eigenvalue weighted by Gasteiger charge is 2.13. The minimum Gasteiger partial charge on any atom is -0.258 e. The summed E-state index contributed by atoms with van der Waals surface area (Å²) in [5.74, 6) is 0. The molecule has 0 saturated carbocycles. The highest BCUT2D eigenvalue weighted by molar-refractivity contribution is 14.1. The van der Waals surface area contributed by atoms with Crippen molar-refractivity contribution in [3.8, 4) is 11.1 Å². The van der Waals surface area contributed by atoms with Crippen LogP contribution in [0.15, 0.2) is 48.5 Å². The van der Waals surface area contributed by atoms with Gasteiger partial charge in [-0.2, -0.15) is 0 Å². The largest absolute Gasteiger partial charge is 0.277 e. The lowest BCUT2D eigenvalue weighted by atomic mass is 10.0. The molecule has 0 bridgehead atoms. The lowest BCUT2D eigenvalue weighted by molar-refractivity contribution is -0.384. The van der Waals surface area contributed by atoms with Crippen LogP contribution in [-0.4, -0.2) is 4.92 Å². The van der Waals surface area contributed by atoms with E-state index in [1.54, 1.807) is 12.1 Å². The molecular formula is C12H8INO2. The monoisotopic (exact) mass is 325 g/mol. The molecule has 0 heterocycles. The number of halogens is 1. The van der Waals surface area contributed by atoms with Crippen LogP contribution in [0.5, 0.6) is 0 Å². The fourth-order valence-electron chi connectivity index (χ4n) is 1.53. The zero-order valence-electron chi connectivity index (χ0n) is 8.26. The van der Waals surface area contributed by atoms with Gasteiger partial charge >= 0.3 is 0 Å². The second-order valence-corrected chi connectivity index (χ2v) is 4.53. The van der Waals surface area contributed by atoms with Gasteiger partial charge in [0.1, 0.15) is 0 Å². The van der Waals surface area contributed by atoms with Crippen molar-refractivity contribution >= 4 is 28.3 Å². The second kappa shape index (κ2) is 4.61. The Morgan fingerprint density at radius 1 is 1.06 bits per heavy atom. The molecule has 0 amide bonds. The number of hydrogen-bond donors (Lipinski definition) is 0. The summed E-state index contributed by atoms with van der Waals surface area (Å²) in [7, 11) is 0. The van der Waals surface area contributed by atoms with Gasteiger partial charge in [0, 0.05) is 9.64 Å². The lowest BCUT2D eigenvalue weighted by Crippen LogP contribution is -1.91. The second-order valence-electron chi connectivity index (χ2n) is 3.28. The minimum atomic E-state index is -0.352. The Balaban J connectivity index is 2.60. The van der Waals surface area contributed by atoms with Crippen LogP contribution in [-0.2, 0) is 0 Å². The zero-order chi connectivity index (χ0) is 11.5. The molecule has 2 rings (SSSR count). The van der Waals surface area contributed by atoms with Crippen LogP contribution in [0.4, 0.5) is 5.69 Å². The molecule has 0 N–H and O–H groups in total. The third-order valence-electron chi connectivity index (χ3n) is 2.24. The molecule has 3 nitrogen and oxygen atoms in total. The average Bonchev–Trinajstić information content (AvgIpc) is 2.29. The molecule has 0 fully saturated rings. The van der Waals surface area contributed by atoms with Crippen LogP contribution in [0.2, 0.25) is 0 Å². The van der Waals surface area contributed by atoms with E-state index in [4.69, 9.17) is 0 Å². The summed E-state index contributed by atoms with van der Waals surface area (Å²) in [6, 6.07) is 14.4. The summed E-state index contributed by atoms with van der Waals surface area (Å²) in [5.41, 5.74) is 1.68. The first kappa shape index (κ1) is 11.1. The normalized spacial score (nSPS) is 10.1. The molecule has 0 spiro atoms. The van der Waals surface area contributed by atoms with Crippen molar-refractivity contribution in [2.24, 2.45) is 0 Å². The van der Waals surface area contributed by atoms with Crippen LogP contribution in [0.1, 0.15) is 0 Å². The Morgan fingerprint density at radius 3 is 2.50 bits per heavy atom. The molecule has 0 saturated heterocycles. The fourth-order valence-corrected chi connectivity index (χ4v) is 2.08. The molecule has 0 aromatic heterocycles. The first-order valence-electron chi connectivity index (χ1n) is 4.68. The maximum absolute atomic E-state index is 10.9. The van der Waals surface area contributed by atoms with E-state index in [0.717, 1.165) is 9.13 Å². The molecule has 0 aliphatic heterocycles. The number of rotatable bonds is 2. The van der Waals surface area contributed by atoms with Crippen molar-refractivity contribution in [2.75, 3.05) is 0 Å². The van der Waals surface area contributed by atoms with Gasteiger partial charge in [0.2, 0.25) is 0 Å². The van der Waals surface area contributed by atoms with Crippen LogP contribution < -0.4 is 0 Å². The quantitative estimate of drug-likeness (QED) is 0.478. The van der Waals surface area contributed by atoms with E-state index in [-0.39, 0.29) is 10.6 Å². The van der Waals surface area contributed by atoms with E-state index in [2.05, 4.69) is 22.6 Å². The van der Waals surface area contributed by atoms with Gasteiger partial charge in [-0.25, -0.2) is 0 Å². The molecular weight excluding hydrogens is 317 g/mol. The number of nitro groups is 1. The average molecular weight is 325 g/mol. The van der Waals surface area contributed by atoms with Crippen LogP contribution in [0, 0.1) is 13.7 Å². The van der Waals surface area contributed by atoms with Crippen molar-refractivity contribution in [3.05, 3.63) is 62.2 Å². The standard InChI is InChI=1S/C12H8INO2/c13-10-5-3-4-9(8-10)11-6-1-2-7-12(11)14(15)16/h1-8H. The van der Waals surface area contributed by atoms with Gasteiger partial charge in [0.05, 0.1) is 10.5 Å². The predicted molar refractivity (Wildman–Crippen MR) is 71.2 cm³/mol. The number of para-hydroxylation sites is 1. The highest BCUT2D eigenvalue weighted by Crippen LogP contribution is 2.29. The van der Waals surface area contributed by atoms with Gasteiger partial charge < -0.3 is 0 Å². The van der Waals surface area contributed by atoms with Gasteiger partial charge in [-0.1, -0.05) is 24.3 Å². The van der Waals surface area contributed by atoms with E-state index >= 15 is 0 Å². The zero-order valence-corrected chi connectivity index (χ0v) is 10.4. The molecule has 0 unspecified atom stereocenters. The molecule has 0 aliphatic rings. The summed E-state index contributed by atoms with van der Waals surface area (Å²) in [4.78, 5) is 10.5.